The summed E-state index contributed by atoms with van der Waals surface area (Å²) in [5, 5.41) is 13.5. The number of H-pyrrole nitrogens is 1. The molecule has 2 aromatic carbocycles. The van der Waals surface area contributed by atoms with E-state index in [-0.39, 0.29) is 28.8 Å². The number of nitrogens with one attached hydrogen (secondary N) is 2. The van der Waals surface area contributed by atoms with E-state index < -0.39 is 6.03 Å². The molecular weight excluding hydrogens is 440 g/mol. The number of amides is 2. The number of phenols is 1. The van der Waals surface area contributed by atoms with Crippen molar-refractivity contribution in [1.29, 1.82) is 0 Å². The van der Waals surface area contributed by atoms with Crippen molar-refractivity contribution in [1.82, 2.24) is 9.97 Å². The minimum absolute atomic E-state index is 0.139. The number of hydrogen-bond acceptors (Lipinski definition) is 4. The Morgan fingerprint density at radius 1 is 0.971 bits per heavy atom. The van der Waals surface area contributed by atoms with Crippen LogP contribution in [0.2, 0.25) is 0 Å². The minimum Gasteiger partial charge on any atom is -0.508 e. The van der Waals surface area contributed by atoms with Gasteiger partial charge in [-0.2, -0.15) is 0 Å². The lowest BCUT2D eigenvalue weighted by molar-refractivity contribution is 0.258. The van der Waals surface area contributed by atoms with Crippen molar-refractivity contribution < 1.29 is 9.90 Å². The molecule has 2 aromatic heterocycles. The van der Waals surface area contributed by atoms with Crippen LogP contribution in [0.1, 0.15) is 50.7 Å². The van der Waals surface area contributed by atoms with Crippen molar-refractivity contribution in [3.63, 3.8) is 0 Å². The summed E-state index contributed by atoms with van der Waals surface area (Å²) >= 11 is 0. The molecule has 0 aliphatic rings. The fourth-order valence-electron chi connectivity index (χ4n) is 4.14. The first-order valence-electron chi connectivity index (χ1n) is 11.7. The van der Waals surface area contributed by atoms with Crippen LogP contribution in [-0.4, -0.2) is 28.2 Å². The summed E-state index contributed by atoms with van der Waals surface area (Å²) in [6, 6.07) is 16.1. The molecule has 35 heavy (non-hydrogen) atoms. The second-order valence-corrected chi connectivity index (χ2v) is 9.30. The lowest BCUT2D eigenvalue weighted by atomic mass is 9.88. The molecule has 0 saturated carbocycles. The molecule has 0 fully saturated rings. The molecular formula is C28H30N4O3. The van der Waals surface area contributed by atoms with E-state index >= 15 is 0 Å². The van der Waals surface area contributed by atoms with E-state index in [0.717, 1.165) is 33.3 Å². The quantitative estimate of drug-likeness (QED) is 0.323. The first kappa shape index (κ1) is 24.0. The normalized spacial score (nSPS) is 11.3. The van der Waals surface area contributed by atoms with E-state index in [0.29, 0.717) is 5.65 Å². The molecule has 0 atom stereocenters. The van der Waals surface area contributed by atoms with Gasteiger partial charge in [0.05, 0.1) is 0 Å². The summed E-state index contributed by atoms with van der Waals surface area (Å²) in [6.07, 6.45) is 1.61. The molecule has 4 rings (SSSR count). The molecule has 0 unspecified atom stereocenters. The fraction of sp³-hybridized carbons (Fsp3) is 0.250. The van der Waals surface area contributed by atoms with Crippen molar-refractivity contribution in [3.8, 4) is 16.9 Å². The molecule has 4 aromatic rings. The SMILES string of the molecule is CC(C)c1cc(-c2ccc(O)cc2)cc(C(C)C)c1NC(=O)N(C)c1cc2cccnc2[nH]c1=O. The summed E-state index contributed by atoms with van der Waals surface area (Å²) in [7, 11) is 1.58. The highest BCUT2D eigenvalue weighted by Crippen LogP contribution is 2.37. The average Bonchev–Trinajstić information content (AvgIpc) is 2.83. The Kier molecular flexibility index (Phi) is 6.60. The predicted octanol–water partition coefficient (Wildman–Crippen LogP) is 6.21. The summed E-state index contributed by atoms with van der Waals surface area (Å²) < 4.78 is 0. The van der Waals surface area contributed by atoms with Gasteiger partial charge in [-0.25, -0.2) is 9.78 Å². The Morgan fingerprint density at radius 3 is 2.20 bits per heavy atom. The molecule has 2 amide bonds. The fourth-order valence-corrected chi connectivity index (χ4v) is 4.14. The predicted molar refractivity (Wildman–Crippen MR) is 142 cm³/mol. The van der Waals surface area contributed by atoms with Gasteiger partial charge in [-0.1, -0.05) is 39.8 Å². The first-order valence-corrected chi connectivity index (χ1v) is 11.7. The Labute approximate surface area is 204 Å². The van der Waals surface area contributed by atoms with Gasteiger partial charge >= 0.3 is 6.03 Å². The smallest absolute Gasteiger partial charge is 0.326 e. The topological polar surface area (TPSA) is 98.3 Å². The number of pyridine rings is 2. The van der Waals surface area contributed by atoms with E-state index in [2.05, 4.69) is 55.1 Å². The highest BCUT2D eigenvalue weighted by Gasteiger charge is 2.22. The molecule has 3 N–H and O–H groups in total. The monoisotopic (exact) mass is 470 g/mol. The summed E-state index contributed by atoms with van der Waals surface area (Å²) in [6.45, 7) is 8.34. The highest BCUT2D eigenvalue weighted by atomic mass is 16.3. The van der Waals surface area contributed by atoms with Crippen LogP contribution in [0.3, 0.4) is 0 Å². The second-order valence-electron chi connectivity index (χ2n) is 9.30. The molecule has 180 valence electrons. The zero-order valence-electron chi connectivity index (χ0n) is 20.6. The van der Waals surface area contributed by atoms with Gasteiger partial charge in [0.25, 0.3) is 5.56 Å². The Morgan fingerprint density at radius 2 is 1.60 bits per heavy atom. The Hall–Kier alpha value is -4.13. The van der Waals surface area contributed by atoms with Crippen molar-refractivity contribution in [2.45, 2.75) is 39.5 Å². The number of carbonyl (C=O) groups is 1. The lowest BCUT2D eigenvalue weighted by Crippen LogP contribution is -2.35. The minimum atomic E-state index is -0.403. The van der Waals surface area contributed by atoms with Crippen LogP contribution in [0.5, 0.6) is 5.75 Å². The molecule has 0 radical (unpaired) electrons. The summed E-state index contributed by atoms with van der Waals surface area (Å²) in [5.74, 6) is 0.494. The number of phenolic OH excluding ortho intramolecular Hbond substituents is 1. The number of hydrogen-bond donors (Lipinski definition) is 3. The number of rotatable bonds is 5. The van der Waals surface area contributed by atoms with E-state index in [1.54, 1.807) is 37.5 Å². The zero-order chi connectivity index (χ0) is 25.3. The number of benzene rings is 2. The van der Waals surface area contributed by atoms with E-state index in [1.165, 1.54) is 4.90 Å². The van der Waals surface area contributed by atoms with Crippen LogP contribution < -0.4 is 15.8 Å². The van der Waals surface area contributed by atoms with Gasteiger partial charge in [0.15, 0.2) is 0 Å². The number of aromatic hydroxyl groups is 1. The number of anilines is 2. The Bertz CT molecular complexity index is 1410. The van der Waals surface area contributed by atoms with Crippen molar-refractivity contribution in [2.75, 3.05) is 17.3 Å². The first-order chi connectivity index (χ1) is 16.7. The number of urea groups is 1. The van der Waals surface area contributed by atoms with Crippen LogP contribution in [-0.2, 0) is 0 Å². The Balaban J connectivity index is 1.74. The molecule has 0 aliphatic heterocycles. The molecule has 7 heteroatoms. The molecule has 0 saturated heterocycles. The number of fused-ring (bicyclic) bond motifs is 1. The summed E-state index contributed by atoms with van der Waals surface area (Å²) in [4.78, 5) is 34.3. The molecule has 0 spiro atoms. The molecule has 7 nitrogen and oxygen atoms in total. The van der Waals surface area contributed by atoms with Crippen molar-refractivity contribution in [2.24, 2.45) is 0 Å². The van der Waals surface area contributed by atoms with Crippen LogP contribution in [0.15, 0.2) is 65.6 Å². The maximum atomic E-state index is 13.4. The standard InChI is InChI=1S/C28H30N4O3/c1-16(2)22-13-20(18-8-10-21(33)11-9-18)14-23(17(3)4)25(22)30-28(35)32(5)24-15-19-7-6-12-29-26(19)31-27(24)34/h6-17,33H,1-5H3,(H,30,35)(H,29,31,34). The second kappa shape index (κ2) is 9.62. The maximum Gasteiger partial charge on any atom is 0.326 e. The average molecular weight is 471 g/mol. The molecule has 0 aliphatic carbocycles. The van der Waals surface area contributed by atoms with Gasteiger partial charge in [-0.15, -0.1) is 0 Å². The van der Waals surface area contributed by atoms with Gasteiger partial charge in [0, 0.05) is 24.3 Å². The third kappa shape index (κ3) is 4.89. The lowest BCUT2D eigenvalue weighted by Gasteiger charge is -2.25. The van der Waals surface area contributed by atoms with Crippen molar-refractivity contribution in [3.05, 3.63) is 82.3 Å². The van der Waals surface area contributed by atoms with Crippen molar-refractivity contribution >= 4 is 28.4 Å². The van der Waals surface area contributed by atoms with Gasteiger partial charge in [0.1, 0.15) is 17.1 Å². The molecule has 0 bridgehead atoms. The van der Waals surface area contributed by atoms with Crippen LogP contribution >= 0.6 is 0 Å². The largest absolute Gasteiger partial charge is 0.508 e. The summed E-state index contributed by atoms with van der Waals surface area (Å²) in [5.41, 5.74) is 5.08. The number of aromatic amines is 1. The molecule has 2 heterocycles. The van der Waals surface area contributed by atoms with Gasteiger partial charge in [0.2, 0.25) is 0 Å². The number of carbonyl (C=O) groups excluding carboxylic acids is 1. The number of aromatic nitrogens is 2. The van der Waals surface area contributed by atoms with E-state index in [4.69, 9.17) is 0 Å². The van der Waals surface area contributed by atoms with E-state index in [1.807, 2.05) is 18.2 Å². The van der Waals surface area contributed by atoms with E-state index in [9.17, 15) is 14.7 Å². The highest BCUT2D eigenvalue weighted by molar-refractivity contribution is 6.03. The van der Waals surface area contributed by atoms with Gasteiger partial charge in [-0.3, -0.25) is 9.69 Å². The van der Waals surface area contributed by atoms with Crippen LogP contribution in [0.4, 0.5) is 16.2 Å². The van der Waals surface area contributed by atoms with Crippen LogP contribution in [0.25, 0.3) is 22.2 Å². The van der Waals surface area contributed by atoms with Crippen LogP contribution in [0, 0.1) is 0 Å². The zero-order valence-corrected chi connectivity index (χ0v) is 20.6. The van der Waals surface area contributed by atoms with Gasteiger partial charge in [-0.05, 0) is 76.6 Å². The number of nitrogens with zero attached hydrogens (tertiary/aromatic N) is 2. The third-order valence-electron chi connectivity index (χ3n) is 6.14. The van der Waals surface area contributed by atoms with Gasteiger partial charge < -0.3 is 15.4 Å². The third-order valence-corrected chi connectivity index (χ3v) is 6.14. The maximum absolute atomic E-state index is 13.4.